The third-order valence-electron chi connectivity index (χ3n) is 3.75. The fourth-order valence-electron chi connectivity index (χ4n) is 1.81. The molecule has 26 heteroatoms. The molecule has 0 spiro atoms. The Labute approximate surface area is 204 Å². The summed E-state index contributed by atoms with van der Waals surface area (Å²) in [5.74, 6) is -48.5. The first kappa shape index (κ1) is 37.8. The monoisotopic (exact) mass is 623 g/mol. The summed E-state index contributed by atoms with van der Waals surface area (Å²) in [5, 5.41) is 7.76. The molecule has 0 rings (SSSR count). The molecule has 1 N–H and O–H groups in total. The van der Waals surface area contributed by atoms with Gasteiger partial charge in [-0.05, 0) is 0 Å². The number of halogens is 22. The van der Waals surface area contributed by atoms with Gasteiger partial charge in [0, 0.05) is 0 Å². The number of rotatable bonds is 9. The Morgan fingerprint density at radius 2 is 0.676 bits per heavy atom. The van der Waals surface area contributed by atoms with Gasteiger partial charge in [0.25, 0.3) is 0 Å². The summed E-state index contributed by atoms with van der Waals surface area (Å²) in [7, 11) is 0. The summed E-state index contributed by atoms with van der Waals surface area (Å²) in [5.41, 5.74) is 0. The SMILES string of the molecule is O=C(O)C(F)(F)C(F)(F)N(C(F)(F)C(F)(F)C(F)(F)C(F)(F)F)C(F)(F)C(F)(F)C(F)(F)C(F)(F)F.[H-].[H-].[Mg+2]. The summed E-state index contributed by atoms with van der Waals surface area (Å²) >= 11 is 0. The Hall–Kier alpha value is -1.34. The Morgan fingerprint density at radius 3 is 0.838 bits per heavy atom. The Balaban J connectivity index is -0.00000204. The molecule has 0 aliphatic carbocycles. The van der Waals surface area contributed by atoms with Crippen molar-refractivity contribution in [2.45, 2.75) is 60.1 Å². The number of aliphatic carboxylic acids is 1. The van der Waals surface area contributed by atoms with E-state index in [9.17, 15) is 101 Å². The molecular formula is C11H3F22MgNO2. The van der Waals surface area contributed by atoms with Crippen LogP contribution in [-0.4, -0.2) is 99.1 Å². The van der Waals surface area contributed by atoms with Crippen molar-refractivity contribution in [1.29, 1.82) is 0 Å². The van der Waals surface area contributed by atoms with Crippen molar-refractivity contribution in [2.75, 3.05) is 0 Å². The molecule has 0 saturated heterocycles. The number of carbonyl (C=O) groups is 1. The maximum absolute atomic E-state index is 13.7. The number of alkyl halides is 22. The maximum atomic E-state index is 13.7. The van der Waals surface area contributed by atoms with Gasteiger partial charge in [0.2, 0.25) is 0 Å². The van der Waals surface area contributed by atoms with Gasteiger partial charge in [0.1, 0.15) is 0 Å². The average molecular weight is 623 g/mol. The van der Waals surface area contributed by atoms with Gasteiger partial charge in [0.05, 0.1) is 0 Å². The predicted molar refractivity (Wildman–Crippen MR) is 69.1 cm³/mol. The van der Waals surface area contributed by atoms with E-state index in [1.54, 1.807) is 0 Å². The third kappa shape index (κ3) is 5.04. The molecule has 0 aromatic heterocycles. The number of carboxylic acid groups (broad SMARTS) is 1. The molecule has 0 atom stereocenters. The van der Waals surface area contributed by atoms with E-state index in [1.165, 1.54) is 0 Å². The molecule has 37 heavy (non-hydrogen) atoms. The van der Waals surface area contributed by atoms with Crippen LogP contribution in [0.4, 0.5) is 96.6 Å². The van der Waals surface area contributed by atoms with Crippen LogP contribution in [0.15, 0.2) is 0 Å². The van der Waals surface area contributed by atoms with E-state index in [0.29, 0.717) is 0 Å². The van der Waals surface area contributed by atoms with Crippen LogP contribution < -0.4 is 0 Å². The van der Waals surface area contributed by atoms with E-state index >= 15 is 0 Å². The van der Waals surface area contributed by atoms with E-state index in [-0.39, 0.29) is 25.9 Å². The molecule has 220 valence electrons. The molecule has 0 amide bonds. The number of nitrogens with zero attached hydrogens (tertiary/aromatic N) is 1. The predicted octanol–water partition coefficient (Wildman–Crippen LogP) is 6.30. The first-order valence-corrected chi connectivity index (χ1v) is 7.26. The second-order valence-corrected chi connectivity index (χ2v) is 6.13. The van der Waals surface area contributed by atoms with Crippen molar-refractivity contribution in [3.8, 4) is 0 Å². The van der Waals surface area contributed by atoms with Crippen molar-refractivity contribution in [2.24, 2.45) is 0 Å². The molecule has 0 bridgehead atoms. The minimum Gasteiger partial charge on any atom is -1.00 e. The second-order valence-electron chi connectivity index (χ2n) is 6.13. The fraction of sp³-hybridized carbons (Fsp3) is 0.909. The van der Waals surface area contributed by atoms with Gasteiger partial charge in [-0.15, -0.1) is 4.90 Å². The molecule has 0 heterocycles. The summed E-state index contributed by atoms with van der Waals surface area (Å²) in [6, 6.07) is -27.5. The number of hydrogen-bond acceptors (Lipinski definition) is 2. The average Bonchev–Trinajstić information content (AvgIpc) is 2.57. The number of carboxylic acids is 1. The van der Waals surface area contributed by atoms with Crippen molar-refractivity contribution in [1.82, 2.24) is 4.90 Å². The van der Waals surface area contributed by atoms with Gasteiger partial charge in [-0.1, -0.05) is 0 Å². The molecule has 0 aromatic rings. The molecule has 0 aliphatic heterocycles. The van der Waals surface area contributed by atoms with Crippen LogP contribution in [0.3, 0.4) is 0 Å². The van der Waals surface area contributed by atoms with Gasteiger partial charge in [-0.2, -0.15) is 96.6 Å². The molecule has 0 radical (unpaired) electrons. The zero-order valence-corrected chi connectivity index (χ0v) is 17.2. The van der Waals surface area contributed by atoms with Gasteiger partial charge in [-0.3, -0.25) is 0 Å². The Bertz CT molecular complexity index is 804. The second kappa shape index (κ2) is 9.39. The van der Waals surface area contributed by atoms with Crippen molar-refractivity contribution in [3.05, 3.63) is 0 Å². The molecule has 0 aromatic carbocycles. The van der Waals surface area contributed by atoms with Crippen LogP contribution in [0, 0.1) is 0 Å². The van der Waals surface area contributed by atoms with Crippen molar-refractivity contribution < 1.29 is 109 Å². The zero-order chi connectivity index (χ0) is 30.2. The maximum Gasteiger partial charge on any atom is 2.00 e. The summed E-state index contributed by atoms with van der Waals surface area (Å²) < 4.78 is 285. The van der Waals surface area contributed by atoms with E-state index in [2.05, 4.69) is 0 Å². The fourth-order valence-corrected chi connectivity index (χ4v) is 1.81. The zero-order valence-electron chi connectivity index (χ0n) is 17.8. The van der Waals surface area contributed by atoms with E-state index in [1.807, 2.05) is 0 Å². The molecule has 0 saturated carbocycles. The molecule has 0 fully saturated rings. The summed E-state index contributed by atoms with van der Waals surface area (Å²) in [6.07, 6.45) is -16.4. The molecule has 0 unspecified atom stereocenters. The Kier molecular flexibility index (Phi) is 9.60. The molecule has 3 nitrogen and oxygen atoms in total. The van der Waals surface area contributed by atoms with Crippen LogP contribution in [0.2, 0.25) is 0 Å². The van der Waals surface area contributed by atoms with Crippen LogP contribution in [0.5, 0.6) is 0 Å². The molecular weight excluding hydrogens is 620 g/mol. The van der Waals surface area contributed by atoms with Gasteiger partial charge < -0.3 is 7.96 Å². The largest absolute Gasteiger partial charge is 2.00 e. The minimum atomic E-state index is -9.33. The first-order chi connectivity index (χ1) is 15.1. The van der Waals surface area contributed by atoms with Gasteiger partial charge in [-0.25, -0.2) is 4.79 Å². The summed E-state index contributed by atoms with van der Waals surface area (Å²) in [4.78, 5) is 4.48. The van der Waals surface area contributed by atoms with Crippen molar-refractivity contribution in [3.63, 3.8) is 0 Å². The third-order valence-corrected chi connectivity index (χ3v) is 3.75. The standard InChI is InChI=1S/C11HF22NO2.Mg.2H/c12-2(13,1(35)36)9(28,29)34(10(30,31)5(18,19)3(14,15)7(22,23)24)11(32,33)6(20,21)4(16,17)8(25,26)27;;;/h(H,35,36);;;/q;+2;2*-1. The van der Waals surface area contributed by atoms with Gasteiger partial charge >= 0.3 is 89.1 Å². The van der Waals surface area contributed by atoms with Crippen LogP contribution in [0.1, 0.15) is 2.85 Å². The number of hydrogen-bond donors (Lipinski definition) is 1. The van der Waals surface area contributed by atoms with Crippen LogP contribution in [0.25, 0.3) is 0 Å². The smallest absolute Gasteiger partial charge is 1.00 e. The Morgan fingerprint density at radius 1 is 0.459 bits per heavy atom. The molecule has 0 aliphatic rings. The first-order valence-electron chi connectivity index (χ1n) is 7.26. The van der Waals surface area contributed by atoms with Crippen molar-refractivity contribution >= 4 is 29.0 Å². The quantitative estimate of drug-likeness (QED) is 0.186. The normalized spacial score (nSPS) is 16.1. The van der Waals surface area contributed by atoms with E-state index in [4.69, 9.17) is 5.11 Å². The summed E-state index contributed by atoms with van der Waals surface area (Å²) in [6.45, 7) is 0. The van der Waals surface area contributed by atoms with Crippen LogP contribution >= 0.6 is 0 Å². The van der Waals surface area contributed by atoms with Crippen LogP contribution in [-0.2, 0) is 4.79 Å². The topological polar surface area (TPSA) is 40.5 Å². The minimum absolute atomic E-state index is 0. The van der Waals surface area contributed by atoms with Gasteiger partial charge in [0.15, 0.2) is 0 Å². The van der Waals surface area contributed by atoms with E-state index < -0.39 is 71.0 Å². The van der Waals surface area contributed by atoms with E-state index in [0.717, 1.165) is 0 Å².